The number of alkyl halides is 3. The molecule has 1 heterocycles. The van der Waals surface area contributed by atoms with Crippen LogP contribution in [0.1, 0.15) is 50.5 Å². The average molecular weight is 486 g/mol. The lowest BCUT2D eigenvalue weighted by molar-refractivity contribution is -0.115. The maximum absolute atomic E-state index is 13.0. The number of hydrogen-bond acceptors (Lipinski definition) is 4. The summed E-state index contributed by atoms with van der Waals surface area (Å²) in [4.78, 5) is 14.1. The smallest absolute Gasteiger partial charge is 0.378 e. The van der Waals surface area contributed by atoms with Crippen molar-refractivity contribution in [1.82, 2.24) is 0 Å². The Morgan fingerprint density at radius 3 is 2.54 bits per heavy atom. The van der Waals surface area contributed by atoms with Crippen LogP contribution in [0.5, 0.6) is 0 Å². The second kappa shape index (κ2) is 8.25. The molecule has 5 unspecified atom stereocenters. The molecular formula is C28H30F3NO3. The molecule has 1 N–H and O–H groups in total. The number of rotatable bonds is 2. The lowest BCUT2D eigenvalue weighted by atomic mass is 9.55. The van der Waals surface area contributed by atoms with Crippen molar-refractivity contribution in [1.29, 1.82) is 0 Å². The number of carbonyl (C=O) groups is 1. The number of carbonyl (C=O) groups excluding carboxylic acids is 1. The van der Waals surface area contributed by atoms with E-state index in [0.29, 0.717) is 32.3 Å². The maximum atomic E-state index is 13.0. The largest absolute Gasteiger partial charge is 0.457 e. The zero-order valence-electron chi connectivity index (χ0n) is 20.2. The highest BCUT2D eigenvalue weighted by molar-refractivity contribution is 5.93. The second-order valence-electron chi connectivity index (χ2n) is 10.7. The first-order valence-electron chi connectivity index (χ1n) is 12.1. The van der Waals surface area contributed by atoms with Gasteiger partial charge in [-0.25, -0.2) is 0 Å². The predicted molar refractivity (Wildman–Crippen MR) is 127 cm³/mol. The summed E-state index contributed by atoms with van der Waals surface area (Å²) in [6, 6.07) is 8.16. The highest BCUT2D eigenvalue weighted by Gasteiger charge is 2.63. The van der Waals surface area contributed by atoms with Crippen LogP contribution in [-0.4, -0.2) is 49.5 Å². The molecule has 2 fully saturated rings. The van der Waals surface area contributed by atoms with Gasteiger partial charge in [-0.2, -0.15) is 13.2 Å². The van der Waals surface area contributed by atoms with Gasteiger partial charge >= 0.3 is 6.18 Å². The van der Waals surface area contributed by atoms with Gasteiger partial charge < -0.3 is 14.7 Å². The van der Waals surface area contributed by atoms with Gasteiger partial charge in [0.05, 0.1) is 12.7 Å². The molecule has 5 rings (SSSR count). The van der Waals surface area contributed by atoms with Crippen molar-refractivity contribution in [2.45, 2.75) is 62.8 Å². The van der Waals surface area contributed by atoms with Crippen molar-refractivity contribution in [2.75, 3.05) is 25.6 Å². The molecule has 2 saturated carbocycles. The van der Waals surface area contributed by atoms with Gasteiger partial charge in [0.25, 0.3) is 0 Å². The summed E-state index contributed by atoms with van der Waals surface area (Å²) < 4.78 is 45.4. The first kappa shape index (κ1) is 24.1. The van der Waals surface area contributed by atoms with Crippen molar-refractivity contribution in [3.05, 3.63) is 52.6 Å². The maximum Gasteiger partial charge on any atom is 0.457 e. The van der Waals surface area contributed by atoms with Crippen molar-refractivity contribution < 1.29 is 27.8 Å². The number of allylic oxidation sites excluding steroid dienone is 1. The van der Waals surface area contributed by atoms with E-state index in [2.05, 4.69) is 18.1 Å². The van der Waals surface area contributed by atoms with Crippen LogP contribution >= 0.6 is 0 Å². The predicted octanol–water partition coefficient (Wildman–Crippen LogP) is 4.94. The Labute approximate surface area is 203 Å². The van der Waals surface area contributed by atoms with Crippen LogP contribution in [0.15, 0.2) is 47.1 Å². The Balaban J connectivity index is 1.65. The fourth-order valence-corrected chi connectivity index (χ4v) is 6.70. The number of halogens is 3. The van der Waals surface area contributed by atoms with Gasteiger partial charge in [0.1, 0.15) is 5.60 Å². The Morgan fingerprint density at radius 1 is 1.17 bits per heavy atom. The van der Waals surface area contributed by atoms with Crippen molar-refractivity contribution in [3.8, 4) is 11.8 Å². The number of anilines is 1. The van der Waals surface area contributed by atoms with Gasteiger partial charge in [0, 0.05) is 43.5 Å². The van der Waals surface area contributed by atoms with Crippen LogP contribution in [-0.2, 0) is 9.53 Å². The van der Waals surface area contributed by atoms with E-state index in [4.69, 9.17) is 4.74 Å². The number of aliphatic hydroxyl groups is 1. The highest BCUT2D eigenvalue weighted by atomic mass is 19.4. The molecule has 0 aromatic heterocycles. The van der Waals surface area contributed by atoms with Crippen LogP contribution < -0.4 is 4.90 Å². The third kappa shape index (κ3) is 4.01. The third-order valence-electron chi connectivity index (χ3n) is 8.59. The summed E-state index contributed by atoms with van der Waals surface area (Å²) in [6.45, 7) is 2.18. The Hall–Kier alpha value is -2.56. The topological polar surface area (TPSA) is 49.8 Å². The van der Waals surface area contributed by atoms with E-state index in [1.54, 1.807) is 6.08 Å². The number of ketones is 1. The minimum atomic E-state index is -4.66. The summed E-state index contributed by atoms with van der Waals surface area (Å²) in [7, 11) is 3.93. The minimum Gasteiger partial charge on any atom is -0.378 e. The summed E-state index contributed by atoms with van der Waals surface area (Å²) in [5.41, 5.74) is 2.63. The minimum absolute atomic E-state index is 0.0941. The fourth-order valence-electron chi connectivity index (χ4n) is 6.70. The highest BCUT2D eigenvalue weighted by Crippen LogP contribution is 2.64. The molecule has 1 aliphatic heterocycles. The van der Waals surface area contributed by atoms with E-state index < -0.39 is 17.2 Å². The summed E-state index contributed by atoms with van der Waals surface area (Å²) in [6.07, 6.45) is -1.04. The zero-order chi connectivity index (χ0) is 25.2. The summed E-state index contributed by atoms with van der Waals surface area (Å²) in [5.74, 6) is 3.38. The lowest BCUT2D eigenvalue weighted by Gasteiger charge is -2.53. The van der Waals surface area contributed by atoms with E-state index in [1.807, 2.05) is 38.1 Å². The lowest BCUT2D eigenvalue weighted by Crippen LogP contribution is -2.53. The monoisotopic (exact) mass is 485 g/mol. The molecule has 4 nitrogen and oxygen atoms in total. The summed E-state index contributed by atoms with van der Waals surface area (Å²) >= 11 is 0. The molecular weight excluding hydrogens is 455 g/mol. The van der Waals surface area contributed by atoms with E-state index >= 15 is 0 Å². The quantitative estimate of drug-likeness (QED) is 0.603. The fraction of sp³-hybridized carbons (Fsp3) is 0.536. The van der Waals surface area contributed by atoms with E-state index in [0.717, 1.165) is 28.0 Å². The summed E-state index contributed by atoms with van der Waals surface area (Å²) in [5, 5.41) is 11.5. The molecule has 3 aliphatic carbocycles. The molecule has 35 heavy (non-hydrogen) atoms. The van der Waals surface area contributed by atoms with E-state index in [-0.39, 0.29) is 30.1 Å². The third-order valence-corrected chi connectivity index (χ3v) is 8.59. The molecule has 1 aromatic rings. The molecule has 0 saturated heterocycles. The average Bonchev–Trinajstić information content (AvgIpc) is 3.07. The van der Waals surface area contributed by atoms with Crippen molar-refractivity contribution in [3.63, 3.8) is 0 Å². The van der Waals surface area contributed by atoms with Gasteiger partial charge in [-0.1, -0.05) is 25.0 Å². The molecule has 7 heteroatoms. The number of ether oxygens (including phenoxy) is 1. The molecule has 0 amide bonds. The van der Waals surface area contributed by atoms with Crippen molar-refractivity contribution in [2.24, 2.45) is 11.3 Å². The Kier molecular flexibility index (Phi) is 5.69. The van der Waals surface area contributed by atoms with Gasteiger partial charge in [-0.3, -0.25) is 4.79 Å². The van der Waals surface area contributed by atoms with Gasteiger partial charge in [0.2, 0.25) is 0 Å². The number of nitrogens with zero attached hydrogens (tertiary/aromatic N) is 1. The first-order valence-corrected chi connectivity index (χ1v) is 12.1. The second-order valence-corrected chi connectivity index (χ2v) is 10.7. The van der Waals surface area contributed by atoms with Crippen LogP contribution in [0.2, 0.25) is 0 Å². The molecule has 4 aliphatic rings. The SMILES string of the molecule is CN(C)c1ccc(C2CC3(C)C(CCC3(O)C#CC(F)(F)F)C3OCC4=CC(=O)CCC4=C23)cc1. The van der Waals surface area contributed by atoms with Gasteiger partial charge in [-0.05, 0) is 72.1 Å². The number of hydrogen-bond donors (Lipinski definition) is 1. The van der Waals surface area contributed by atoms with Crippen molar-refractivity contribution >= 4 is 11.5 Å². The standard InChI is InChI=1S/C28H30F3NO3/c1-26-15-22(17-4-6-19(7-5-17)32(2)3)24-21-9-8-20(33)14-18(21)16-35-25(24)23(26)10-11-27(26,34)12-13-28(29,30)31/h4-7,14,22-23,25,34H,8-11,15-16H2,1-3H3. The first-order chi connectivity index (χ1) is 16.4. The van der Waals surface area contributed by atoms with Gasteiger partial charge in [-0.15, -0.1) is 0 Å². The molecule has 1 aromatic carbocycles. The Bertz CT molecular complexity index is 1170. The molecule has 5 atom stereocenters. The molecule has 0 bridgehead atoms. The van der Waals surface area contributed by atoms with Crippen LogP contribution in [0.4, 0.5) is 18.9 Å². The molecule has 186 valence electrons. The van der Waals surface area contributed by atoms with Crippen LogP contribution in [0.3, 0.4) is 0 Å². The number of fused-ring (bicyclic) bond motifs is 4. The van der Waals surface area contributed by atoms with Crippen LogP contribution in [0, 0.1) is 23.2 Å². The van der Waals surface area contributed by atoms with E-state index in [1.165, 1.54) is 5.92 Å². The normalized spacial score (nSPS) is 34.3. The van der Waals surface area contributed by atoms with E-state index in [9.17, 15) is 23.1 Å². The zero-order valence-corrected chi connectivity index (χ0v) is 20.2. The molecule has 0 spiro atoms. The van der Waals surface area contributed by atoms with Gasteiger partial charge in [0.15, 0.2) is 5.78 Å². The molecule has 0 radical (unpaired) electrons. The Morgan fingerprint density at radius 2 is 1.89 bits per heavy atom. The van der Waals surface area contributed by atoms with Crippen LogP contribution in [0.25, 0.3) is 0 Å². The number of benzene rings is 1.